The average molecular weight is 586 g/mol. The van der Waals surface area contributed by atoms with E-state index in [1.165, 1.54) is 17.2 Å². The third-order valence-electron chi connectivity index (χ3n) is 6.56. The number of carboxylic acids is 1. The number of pyridine rings is 1. The first-order chi connectivity index (χ1) is 20.7. The van der Waals surface area contributed by atoms with Gasteiger partial charge in [0.2, 0.25) is 5.60 Å². The van der Waals surface area contributed by atoms with Gasteiger partial charge in [0, 0.05) is 24.9 Å². The summed E-state index contributed by atoms with van der Waals surface area (Å²) in [5.41, 5.74) is -0.159. The fraction of sp³-hybridized carbons (Fsp3) is 0.258. The number of hydrogen-bond donors (Lipinski definition) is 2. The Balaban J connectivity index is 1.25. The maximum atomic E-state index is 13.3. The van der Waals surface area contributed by atoms with E-state index in [0.29, 0.717) is 28.5 Å². The van der Waals surface area contributed by atoms with Crippen LogP contribution in [0.2, 0.25) is 0 Å². The van der Waals surface area contributed by atoms with Crippen molar-refractivity contribution in [1.82, 2.24) is 10.3 Å². The Morgan fingerprint density at radius 2 is 1.88 bits per heavy atom. The minimum absolute atomic E-state index is 0.0583. The minimum Gasteiger partial charge on any atom is -0.489 e. The van der Waals surface area contributed by atoms with Gasteiger partial charge in [-0.25, -0.2) is 0 Å². The van der Waals surface area contributed by atoms with Crippen molar-refractivity contribution in [1.29, 1.82) is 0 Å². The van der Waals surface area contributed by atoms with Crippen molar-refractivity contribution in [3.8, 4) is 29.1 Å². The number of benzene rings is 2. The number of anilines is 1. The Morgan fingerprint density at radius 1 is 1.09 bits per heavy atom. The molecule has 0 bridgehead atoms. The van der Waals surface area contributed by atoms with Gasteiger partial charge in [0.25, 0.3) is 11.8 Å². The third-order valence-corrected chi connectivity index (χ3v) is 6.56. The Hall–Kier alpha value is -5.41. The third kappa shape index (κ3) is 7.09. The van der Waals surface area contributed by atoms with Crippen molar-refractivity contribution in [2.24, 2.45) is 0 Å². The van der Waals surface area contributed by atoms with Crippen LogP contribution in [0.15, 0.2) is 66.9 Å². The van der Waals surface area contributed by atoms with Crippen LogP contribution in [0.3, 0.4) is 0 Å². The number of fused-ring (bicyclic) bond motifs is 1. The van der Waals surface area contributed by atoms with E-state index in [-0.39, 0.29) is 38.4 Å². The second-order valence-corrected chi connectivity index (χ2v) is 9.81. The fourth-order valence-electron chi connectivity index (χ4n) is 4.24. The standard InChI is InChI=1S/C31H27N3O9/c1-34-25-15-20(11-13-31(18-40-19-31)43-28(37)10-9-27(35)36)7-8-26(25)41-17-24(30(34)39)33-29(38)23-16-22(12-14-32-23)42-21-5-3-2-4-6-21/h2-8,12,14-16,24H,9-10,17-19H2,1H3,(H,33,38)(H,35,36)/t24-/m1/s1. The first-order valence-electron chi connectivity index (χ1n) is 13.3. The van der Waals surface area contributed by atoms with Crippen molar-refractivity contribution < 1.29 is 43.2 Å². The summed E-state index contributed by atoms with van der Waals surface area (Å²) in [6.45, 7) is 0.00540. The quantitative estimate of drug-likeness (QED) is 0.298. The van der Waals surface area contributed by atoms with E-state index in [1.807, 2.05) is 18.2 Å². The number of aliphatic carboxylic acids is 1. The second-order valence-electron chi connectivity index (χ2n) is 9.81. The van der Waals surface area contributed by atoms with E-state index in [4.69, 9.17) is 24.1 Å². The number of ether oxygens (including phenoxy) is 4. The summed E-state index contributed by atoms with van der Waals surface area (Å²) in [5.74, 6) is 4.51. The highest BCUT2D eigenvalue weighted by atomic mass is 16.6. The van der Waals surface area contributed by atoms with Crippen LogP contribution >= 0.6 is 0 Å². The van der Waals surface area contributed by atoms with Crippen molar-refractivity contribution in [2.45, 2.75) is 24.5 Å². The smallest absolute Gasteiger partial charge is 0.308 e. The topological polar surface area (TPSA) is 154 Å². The van der Waals surface area contributed by atoms with Gasteiger partial charge >= 0.3 is 11.9 Å². The lowest BCUT2D eigenvalue weighted by molar-refractivity contribution is -0.192. The van der Waals surface area contributed by atoms with Gasteiger partial charge in [-0.1, -0.05) is 24.1 Å². The molecule has 1 atom stereocenters. The van der Waals surface area contributed by atoms with Gasteiger partial charge in [0.15, 0.2) is 0 Å². The molecule has 43 heavy (non-hydrogen) atoms. The van der Waals surface area contributed by atoms with Crippen LogP contribution in [-0.2, 0) is 23.9 Å². The zero-order valence-corrected chi connectivity index (χ0v) is 23.1. The minimum atomic E-state index is -1.17. The number of likely N-dealkylation sites (N-methyl/N-ethyl adjacent to an activating group) is 1. The number of nitrogens with one attached hydrogen (secondary N) is 1. The Morgan fingerprint density at radius 3 is 2.60 bits per heavy atom. The summed E-state index contributed by atoms with van der Waals surface area (Å²) in [6, 6.07) is 16.2. The first kappa shape index (κ1) is 29.1. The number of para-hydroxylation sites is 1. The molecular formula is C31H27N3O9. The van der Waals surface area contributed by atoms with Crippen LogP contribution in [0.25, 0.3) is 0 Å². The number of aromatic nitrogens is 1. The van der Waals surface area contributed by atoms with Crippen molar-refractivity contribution in [2.75, 3.05) is 31.8 Å². The Kier molecular flexibility index (Phi) is 8.54. The highest BCUT2D eigenvalue weighted by Crippen LogP contribution is 2.32. The van der Waals surface area contributed by atoms with E-state index in [2.05, 4.69) is 22.1 Å². The van der Waals surface area contributed by atoms with E-state index < -0.39 is 35.4 Å². The normalized spacial score (nSPS) is 16.6. The molecule has 2 aliphatic rings. The van der Waals surface area contributed by atoms with Gasteiger partial charge in [0.05, 0.1) is 18.5 Å². The fourth-order valence-corrected chi connectivity index (χ4v) is 4.24. The molecule has 1 aromatic heterocycles. The maximum Gasteiger partial charge on any atom is 0.308 e. The molecular weight excluding hydrogens is 558 g/mol. The lowest BCUT2D eigenvalue weighted by atomic mass is 10.0. The Labute approximate surface area is 246 Å². The molecule has 2 amide bonds. The molecule has 2 aliphatic heterocycles. The summed E-state index contributed by atoms with van der Waals surface area (Å²) >= 11 is 0. The lowest BCUT2D eigenvalue weighted by Crippen LogP contribution is -2.52. The number of carbonyl (C=O) groups excluding carboxylic acids is 3. The molecule has 0 radical (unpaired) electrons. The summed E-state index contributed by atoms with van der Waals surface area (Å²) in [4.78, 5) is 54.6. The summed E-state index contributed by atoms with van der Waals surface area (Å²) in [7, 11) is 1.56. The average Bonchev–Trinajstić information content (AvgIpc) is 3.10. The molecule has 0 unspecified atom stereocenters. The van der Waals surface area contributed by atoms with Gasteiger partial charge in [-0.05, 0) is 42.3 Å². The van der Waals surface area contributed by atoms with Crippen LogP contribution in [0.4, 0.5) is 5.69 Å². The molecule has 220 valence electrons. The van der Waals surface area contributed by atoms with Crippen LogP contribution in [0, 0.1) is 11.8 Å². The number of carbonyl (C=O) groups is 4. The summed E-state index contributed by atoms with van der Waals surface area (Å²) < 4.78 is 22.2. The van der Waals surface area contributed by atoms with Gasteiger partial charge in [0.1, 0.15) is 48.8 Å². The molecule has 12 heteroatoms. The molecule has 3 aromatic rings. The first-order valence-corrected chi connectivity index (χ1v) is 13.3. The van der Waals surface area contributed by atoms with Gasteiger partial charge in [-0.3, -0.25) is 24.2 Å². The predicted molar refractivity (Wildman–Crippen MR) is 151 cm³/mol. The SMILES string of the molecule is CN1C(=O)[C@H](NC(=O)c2cc(Oc3ccccc3)ccn2)COc2ccc(C#CC3(OC(=O)CCC(=O)O)COC3)cc21. The summed E-state index contributed by atoms with van der Waals surface area (Å²) in [6.07, 6.45) is 0.823. The van der Waals surface area contributed by atoms with E-state index in [1.54, 1.807) is 43.4 Å². The maximum absolute atomic E-state index is 13.3. The van der Waals surface area contributed by atoms with Gasteiger partial charge < -0.3 is 34.3 Å². The van der Waals surface area contributed by atoms with Crippen LogP contribution in [-0.4, -0.2) is 72.4 Å². The van der Waals surface area contributed by atoms with Gasteiger partial charge in [-0.15, -0.1) is 0 Å². The van der Waals surface area contributed by atoms with Crippen LogP contribution in [0.1, 0.15) is 28.9 Å². The number of nitrogens with zero attached hydrogens (tertiary/aromatic N) is 2. The van der Waals surface area contributed by atoms with Gasteiger partial charge in [-0.2, -0.15) is 0 Å². The number of carboxylic acid groups (broad SMARTS) is 1. The molecule has 5 rings (SSSR count). The highest BCUT2D eigenvalue weighted by Gasteiger charge is 2.41. The number of rotatable bonds is 8. The molecule has 2 N–H and O–H groups in total. The molecule has 0 saturated carbocycles. The largest absolute Gasteiger partial charge is 0.489 e. The molecule has 2 aromatic carbocycles. The molecule has 3 heterocycles. The number of esters is 1. The zero-order valence-electron chi connectivity index (χ0n) is 23.1. The van der Waals surface area contributed by atoms with Crippen molar-refractivity contribution in [3.63, 3.8) is 0 Å². The Bertz CT molecular complexity index is 1610. The molecule has 1 saturated heterocycles. The highest BCUT2D eigenvalue weighted by molar-refractivity contribution is 6.03. The zero-order chi connectivity index (χ0) is 30.4. The van der Waals surface area contributed by atoms with Crippen LogP contribution < -0.4 is 19.7 Å². The number of hydrogen-bond acceptors (Lipinski definition) is 9. The van der Waals surface area contributed by atoms with Crippen molar-refractivity contribution in [3.05, 3.63) is 78.1 Å². The molecule has 0 spiro atoms. The number of amides is 2. The molecule has 12 nitrogen and oxygen atoms in total. The monoisotopic (exact) mass is 585 g/mol. The van der Waals surface area contributed by atoms with E-state index in [0.717, 1.165) is 0 Å². The van der Waals surface area contributed by atoms with E-state index in [9.17, 15) is 19.2 Å². The lowest BCUT2D eigenvalue weighted by Gasteiger charge is -2.35. The van der Waals surface area contributed by atoms with Crippen molar-refractivity contribution >= 4 is 29.4 Å². The predicted octanol–water partition coefficient (Wildman–Crippen LogP) is 2.56. The van der Waals surface area contributed by atoms with E-state index >= 15 is 0 Å². The molecule has 1 fully saturated rings. The second kappa shape index (κ2) is 12.6. The molecule has 0 aliphatic carbocycles. The summed E-state index contributed by atoms with van der Waals surface area (Å²) in [5, 5.41) is 11.5. The van der Waals surface area contributed by atoms with Crippen LogP contribution in [0.5, 0.6) is 17.2 Å².